The van der Waals surface area contributed by atoms with Gasteiger partial charge in [0.2, 0.25) is 0 Å². The standard InChI is InChI=1S/C13H13BrO2S/c1-13(2,6-11(15)16)9-7-17-12-8(9)4-3-5-10(12)14/h3-5,7H,6H2,1-2H3,(H,15,16). The largest absolute Gasteiger partial charge is 0.481 e. The number of aliphatic carboxylic acids is 1. The van der Waals surface area contributed by atoms with Crippen molar-refractivity contribution in [1.29, 1.82) is 0 Å². The molecule has 0 bridgehead atoms. The van der Waals surface area contributed by atoms with E-state index < -0.39 is 5.97 Å². The lowest BCUT2D eigenvalue weighted by atomic mass is 9.81. The number of carboxylic acids is 1. The fraction of sp³-hybridized carbons (Fsp3) is 0.308. The summed E-state index contributed by atoms with van der Waals surface area (Å²) < 4.78 is 2.25. The zero-order valence-corrected chi connectivity index (χ0v) is 12.1. The van der Waals surface area contributed by atoms with Crippen LogP contribution in [0.25, 0.3) is 10.1 Å². The SMILES string of the molecule is CC(C)(CC(=O)O)c1csc2c(Br)cccc12. The van der Waals surface area contributed by atoms with E-state index in [-0.39, 0.29) is 11.8 Å². The molecule has 0 saturated carbocycles. The first-order valence-electron chi connectivity index (χ1n) is 5.30. The van der Waals surface area contributed by atoms with Crippen LogP contribution in [0, 0.1) is 0 Å². The van der Waals surface area contributed by atoms with Gasteiger partial charge in [-0.2, -0.15) is 0 Å². The number of rotatable bonds is 3. The molecule has 0 aliphatic carbocycles. The number of benzene rings is 1. The Morgan fingerprint density at radius 1 is 1.47 bits per heavy atom. The van der Waals surface area contributed by atoms with E-state index in [1.54, 1.807) is 11.3 Å². The molecule has 1 heterocycles. The lowest BCUT2D eigenvalue weighted by Crippen LogP contribution is -2.21. The van der Waals surface area contributed by atoms with Crippen LogP contribution in [0.1, 0.15) is 25.8 Å². The summed E-state index contributed by atoms with van der Waals surface area (Å²) in [6, 6.07) is 6.04. The molecule has 1 aromatic heterocycles. The summed E-state index contributed by atoms with van der Waals surface area (Å²) in [4.78, 5) is 10.9. The highest BCUT2D eigenvalue weighted by atomic mass is 79.9. The maximum absolute atomic E-state index is 10.9. The van der Waals surface area contributed by atoms with Gasteiger partial charge in [-0.05, 0) is 38.3 Å². The molecule has 4 heteroatoms. The van der Waals surface area contributed by atoms with Crippen molar-refractivity contribution in [2.75, 3.05) is 0 Å². The molecule has 0 radical (unpaired) electrons. The molecular weight excluding hydrogens is 300 g/mol. The van der Waals surface area contributed by atoms with Crippen LogP contribution in [-0.2, 0) is 10.2 Å². The maximum Gasteiger partial charge on any atom is 0.304 e. The van der Waals surface area contributed by atoms with Crippen molar-refractivity contribution < 1.29 is 9.90 Å². The molecule has 1 N–H and O–H groups in total. The summed E-state index contributed by atoms with van der Waals surface area (Å²) in [5.74, 6) is -0.760. The quantitative estimate of drug-likeness (QED) is 0.911. The van der Waals surface area contributed by atoms with Crippen molar-refractivity contribution in [2.45, 2.75) is 25.7 Å². The Morgan fingerprint density at radius 2 is 2.18 bits per heavy atom. The zero-order chi connectivity index (χ0) is 12.6. The van der Waals surface area contributed by atoms with Gasteiger partial charge in [0.15, 0.2) is 0 Å². The van der Waals surface area contributed by atoms with E-state index in [2.05, 4.69) is 27.4 Å². The Morgan fingerprint density at radius 3 is 2.82 bits per heavy atom. The van der Waals surface area contributed by atoms with E-state index >= 15 is 0 Å². The smallest absolute Gasteiger partial charge is 0.304 e. The molecule has 17 heavy (non-hydrogen) atoms. The van der Waals surface area contributed by atoms with Gasteiger partial charge in [0.25, 0.3) is 0 Å². The highest BCUT2D eigenvalue weighted by Crippen LogP contribution is 2.39. The third-order valence-electron chi connectivity index (χ3n) is 2.87. The van der Waals surface area contributed by atoms with Gasteiger partial charge >= 0.3 is 5.97 Å². The van der Waals surface area contributed by atoms with Crippen LogP contribution in [0.4, 0.5) is 0 Å². The van der Waals surface area contributed by atoms with Crippen molar-refractivity contribution in [3.63, 3.8) is 0 Å². The van der Waals surface area contributed by atoms with E-state index in [1.165, 1.54) is 4.70 Å². The number of hydrogen-bond donors (Lipinski definition) is 1. The average Bonchev–Trinajstić information content (AvgIpc) is 2.61. The molecule has 0 atom stereocenters. The molecule has 90 valence electrons. The maximum atomic E-state index is 10.9. The second-order valence-corrected chi connectivity index (χ2v) is 6.45. The Kier molecular flexibility index (Phi) is 3.27. The molecule has 0 saturated heterocycles. The Labute approximate surface area is 112 Å². The van der Waals surface area contributed by atoms with Crippen LogP contribution in [-0.4, -0.2) is 11.1 Å². The molecule has 0 aliphatic heterocycles. The first-order valence-corrected chi connectivity index (χ1v) is 6.97. The number of fused-ring (bicyclic) bond motifs is 1. The summed E-state index contributed by atoms with van der Waals surface area (Å²) in [5.41, 5.74) is 0.770. The molecular formula is C13H13BrO2S. The third-order valence-corrected chi connectivity index (χ3v) is 4.83. The Bertz CT molecular complexity index is 572. The topological polar surface area (TPSA) is 37.3 Å². The first kappa shape index (κ1) is 12.6. The summed E-state index contributed by atoms with van der Waals surface area (Å²) in [7, 11) is 0. The molecule has 0 aliphatic rings. The van der Waals surface area contributed by atoms with Gasteiger partial charge in [0.1, 0.15) is 0 Å². The number of thiophene rings is 1. The molecule has 0 amide bonds. The van der Waals surface area contributed by atoms with Gasteiger partial charge in [-0.1, -0.05) is 26.0 Å². The van der Waals surface area contributed by atoms with E-state index in [0.29, 0.717) is 0 Å². The van der Waals surface area contributed by atoms with E-state index in [4.69, 9.17) is 5.11 Å². The third kappa shape index (κ3) is 2.38. The minimum Gasteiger partial charge on any atom is -0.481 e. The highest BCUT2D eigenvalue weighted by Gasteiger charge is 2.27. The fourth-order valence-corrected chi connectivity index (χ4v) is 3.83. The summed E-state index contributed by atoms with van der Waals surface area (Å²) >= 11 is 5.18. The second-order valence-electron chi connectivity index (χ2n) is 4.72. The molecule has 0 fully saturated rings. The van der Waals surface area contributed by atoms with Gasteiger partial charge in [0.05, 0.1) is 6.42 Å². The van der Waals surface area contributed by atoms with Gasteiger partial charge < -0.3 is 5.11 Å². The molecule has 0 spiro atoms. The van der Waals surface area contributed by atoms with E-state index in [9.17, 15) is 4.79 Å². The average molecular weight is 313 g/mol. The van der Waals surface area contributed by atoms with E-state index in [1.807, 2.05) is 26.0 Å². The fourth-order valence-electron chi connectivity index (χ4n) is 2.02. The van der Waals surface area contributed by atoms with Crippen molar-refractivity contribution in [1.82, 2.24) is 0 Å². The van der Waals surface area contributed by atoms with Crippen LogP contribution in [0.2, 0.25) is 0 Å². The minimum absolute atomic E-state index is 0.144. The predicted octanol–water partition coefficient (Wildman–Crippen LogP) is 4.42. The molecule has 2 nitrogen and oxygen atoms in total. The van der Waals surface area contributed by atoms with Gasteiger partial charge in [-0.25, -0.2) is 0 Å². The summed E-state index contributed by atoms with van der Waals surface area (Å²) in [6.45, 7) is 3.95. The first-order chi connectivity index (χ1) is 7.92. The van der Waals surface area contributed by atoms with Crippen LogP contribution < -0.4 is 0 Å². The Hall–Kier alpha value is -0.870. The van der Waals surface area contributed by atoms with Crippen LogP contribution in [0.15, 0.2) is 28.1 Å². The summed E-state index contributed by atoms with van der Waals surface area (Å²) in [5, 5.41) is 12.2. The molecule has 2 rings (SSSR count). The van der Waals surface area contributed by atoms with E-state index in [0.717, 1.165) is 15.4 Å². The molecule has 2 aromatic rings. The van der Waals surface area contributed by atoms with Crippen molar-refractivity contribution >= 4 is 43.3 Å². The van der Waals surface area contributed by atoms with Crippen LogP contribution in [0.3, 0.4) is 0 Å². The molecule has 1 aromatic carbocycles. The number of hydrogen-bond acceptors (Lipinski definition) is 2. The predicted molar refractivity (Wildman–Crippen MR) is 74.8 cm³/mol. The lowest BCUT2D eigenvalue weighted by Gasteiger charge is -2.22. The lowest BCUT2D eigenvalue weighted by molar-refractivity contribution is -0.138. The number of carbonyl (C=O) groups is 1. The minimum atomic E-state index is -0.760. The summed E-state index contributed by atoms with van der Waals surface area (Å²) in [6.07, 6.45) is 0.144. The van der Waals surface area contributed by atoms with Crippen LogP contribution >= 0.6 is 27.3 Å². The van der Waals surface area contributed by atoms with Crippen LogP contribution in [0.5, 0.6) is 0 Å². The van der Waals surface area contributed by atoms with Crippen molar-refractivity contribution in [3.8, 4) is 0 Å². The van der Waals surface area contributed by atoms with Gasteiger partial charge in [-0.15, -0.1) is 11.3 Å². The highest BCUT2D eigenvalue weighted by molar-refractivity contribution is 9.10. The van der Waals surface area contributed by atoms with Crippen molar-refractivity contribution in [2.24, 2.45) is 0 Å². The van der Waals surface area contributed by atoms with Gasteiger partial charge in [-0.3, -0.25) is 4.79 Å². The monoisotopic (exact) mass is 312 g/mol. The Balaban J connectivity index is 2.56. The van der Waals surface area contributed by atoms with Crippen molar-refractivity contribution in [3.05, 3.63) is 33.6 Å². The number of carboxylic acid groups (broad SMARTS) is 1. The molecule has 0 unspecified atom stereocenters. The number of halogens is 1. The zero-order valence-electron chi connectivity index (χ0n) is 9.66. The second kappa shape index (κ2) is 4.42. The van der Waals surface area contributed by atoms with Gasteiger partial charge in [0, 0.05) is 14.6 Å². The normalized spacial score (nSPS) is 11.9.